The van der Waals surface area contributed by atoms with Gasteiger partial charge >= 0.3 is 0 Å². The van der Waals surface area contributed by atoms with Crippen LogP contribution in [0.4, 0.5) is 0 Å². The number of hydrogen-bond acceptors (Lipinski definition) is 3. The molecule has 1 atom stereocenters. The quantitative estimate of drug-likeness (QED) is 0.561. The van der Waals surface area contributed by atoms with E-state index in [2.05, 4.69) is 52.6 Å². The summed E-state index contributed by atoms with van der Waals surface area (Å²) >= 11 is 0. The van der Waals surface area contributed by atoms with Crippen LogP contribution in [0.2, 0.25) is 0 Å². The molecule has 1 aliphatic carbocycles. The predicted molar refractivity (Wildman–Crippen MR) is 105 cm³/mol. The number of likely N-dealkylation sites (N-methyl/N-ethyl adjacent to an activating group) is 1. The van der Waals surface area contributed by atoms with E-state index in [9.17, 15) is 0 Å². The molecule has 0 aromatic heterocycles. The van der Waals surface area contributed by atoms with E-state index in [0.717, 1.165) is 31.3 Å². The molecule has 1 aromatic rings. The molecule has 0 saturated heterocycles. The number of guanidine groups is 1. The van der Waals surface area contributed by atoms with Crippen LogP contribution in [-0.4, -0.2) is 50.7 Å². The predicted octanol–water partition coefficient (Wildman–Crippen LogP) is 3.19. The van der Waals surface area contributed by atoms with Gasteiger partial charge in [0.05, 0.1) is 13.2 Å². The molecule has 2 rings (SSSR count). The van der Waals surface area contributed by atoms with Gasteiger partial charge < -0.3 is 15.4 Å². The van der Waals surface area contributed by atoms with Crippen LogP contribution in [0.25, 0.3) is 0 Å². The normalized spacial score (nSPS) is 16.9. The maximum absolute atomic E-state index is 5.41. The van der Waals surface area contributed by atoms with Crippen molar-refractivity contribution in [3.63, 3.8) is 0 Å². The second-order valence-electron chi connectivity index (χ2n) is 6.59. The van der Waals surface area contributed by atoms with E-state index < -0.39 is 0 Å². The second kappa shape index (κ2) is 10.3. The maximum Gasteiger partial charge on any atom is 0.191 e. The van der Waals surface area contributed by atoms with E-state index in [4.69, 9.17) is 4.74 Å². The van der Waals surface area contributed by atoms with Gasteiger partial charge in [-0.3, -0.25) is 9.89 Å². The summed E-state index contributed by atoms with van der Waals surface area (Å²) in [6.07, 6.45) is 5.13. The van der Waals surface area contributed by atoms with Crippen LogP contribution in [0.15, 0.2) is 29.3 Å². The monoisotopic (exact) mass is 346 g/mol. The lowest BCUT2D eigenvalue weighted by molar-refractivity contribution is 0.218. The lowest BCUT2D eigenvalue weighted by atomic mass is 10.0. The molecule has 0 radical (unpaired) electrons. The molecule has 1 aliphatic rings. The van der Waals surface area contributed by atoms with Crippen molar-refractivity contribution < 1.29 is 4.74 Å². The van der Waals surface area contributed by atoms with Crippen LogP contribution in [-0.2, 0) is 0 Å². The van der Waals surface area contributed by atoms with Crippen LogP contribution in [0, 0.1) is 0 Å². The van der Waals surface area contributed by atoms with Gasteiger partial charge in [0.25, 0.3) is 0 Å². The Kier molecular flexibility index (Phi) is 8.06. The molecule has 0 heterocycles. The van der Waals surface area contributed by atoms with Crippen LogP contribution < -0.4 is 15.4 Å². The molecule has 0 amide bonds. The average molecular weight is 347 g/mol. The van der Waals surface area contributed by atoms with Gasteiger partial charge in [-0.25, -0.2) is 0 Å². The van der Waals surface area contributed by atoms with Crippen molar-refractivity contribution in [2.24, 2.45) is 4.99 Å². The van der Waals surface area contributed by atoms with Crippen LogP contribution in [0.1, 0.15) is 51.1 Å². The topological polar surface area (TPSA) is 48.9 Å². The van der Waals surface area contributed by atoms with E-state index in [1.54, 1.807) is 7.11 Å². The third-order valence-electron chi connectivity index (χ3n) is 5.11. The number of nitrogens with zero attached hydrogens (tertiary/aromatic N) is 2. The first-order valence-corrected chi connectivity index (χ1v) is 9.57. The highest BCUT2D eigenvalue weighted by molar-refractivity contribution is 5.80. The lowest BCUT2D eigenvalue weighted by Gasteiger charge is -2.31. The van der Waals surface area contributed by atoms with Crippen LogP contribution >= 0.6 is 0 Å². The molecular weight excluding hydrogens is 312 g/mol. The Morgan fingerprint density at radius 1 is 1.28 bits per heavy atom. The Balaban J connectivity index is 2.06. The molecule has 0 bridgehead atoms. The summed E-state index contributed by atoms with van der Waals surface area (Å²) < 4.78 is 5.41. The lowest BCUT2D eigenvalue weighted by Crippen LogP contribution is -2.46. The number of nitrogens with one attached hydrogen (secondary N) is 2. The first-order valence-electron chi connectivity index (χ1n) is 9.57. The van der Waals surface area contributed by atoms with E-state index >= 15 is 0 Å². The summed E-state index contributed by atoms with van der Waals surface area (Å²) in [6.45, 7) is 7.26. The first-order chi connectivity index (χ1) is 12.2. The fraction of sp³-hybridized carbons (Fsp3) is 0.650. The summed E-state index contributed by atoms with van der Waals surface area (Å²) in [5.41, 5.74) is 1.27. The number of rotatable bonds is 8. The molecule has 5 nitrogen and oxygen atoms in total. The third kappa shape index (κ3) is 5.63. The zero-order chi connectivity index (χ0) is 18.1. The molecule has 2 N–H and O–H groups in total. The van der Waals surface area contributed by atoms with E-state index in [1.807, 2.05) is 13.1 Å². The molecule has 0 aliphatic heterocycles. The molecular formula is C20H34N4O. The van der Waals surface area contributed by atoms with Gasteiger partial charge in [-0.05, 0) is 43.6 Å². The molecule has 0 spiro atoms. The summed E-state index contributed by atoms with van der Waals surface area (Å²) in [6, 6.07) is 9.23. The van der Waals surface area contributed by atoms with Gasteiger partial charge in [0, 0.05) is 19.6 Å². The SMILES string of the molecule is CCN(CC)C(CNC(=NC)NC1CCCC1)c1cccc(OC)c1. The number of hydrogen-bond donors (Lipinski definition) is 2. The highest BCUT2D eigenvalue weighted by atomic mass is 16.5. The summed E-state index contributed by atoms with van der Waals surface area (Å²) in [5, 5.41) is 7.10. The van der Waals surface area contributed by atoms with Gasteiger partial charge in [-0.15, -0.1) is 0 Å². The molecule has 5 heteroatoms. The Morgan fingerprint density at radius 2 is 2.00 bits per heavy atom. The molecule has 1 aromatic carbocycles. The number of ether oxygens (including phenoxy) is 1. The van der Waals surface area contributed by atoms with E-state index in [-0.39, 0.29) is 6.04 Å². The molecule has 1 fully saturated rings. The zero-order valence-corrected chi connectivity index (χ0v) is 16.2. The van der Waals surface area contributed by atoms with Crippen molar-refractivity contribution >= 4 is 5.96 Å². The van der Waals surface area contributed by atoms with Crippen molar-refractivity contribution in [3.05, 3.63) is 29.8 Å². The molecule has 25 heavy (non-hydrogen) atoms. The molecule has 1 unspecified atom stereocenters. The van der Waals surface area contributed by atoms with Crippen molar-refractivity contribution in [1.82, 2.24) is 15.5 Å². The van der Waals surface area contributed by atoms with Crippen molar-refractivity contribution in [2.45, 2.75) is 51.6 Å². The third-order valence-corrected chi connectivity index (χ3v) is 5.11. The number of methoxy groups -OCH3 is 1. The maximum atomic E-state index is 5.41. The standard InChI is InChI=1S/C20H34N4O/c1-5-24(6-2)19(16-10-9-13-18(14-16)25-4)15-22-20(21-3)23-17-11-7-8-12-17/h9-10,13-14,17,19H,5-8,11-12,15H2,1-4H3,(H2,21,22,23). The largest absolute Gasteiger partial charge is 0.497 e. The summed E-state index contributed by atoms with van der Waals surface area (Å²) in [7, 11) is 3.57. The van der Waals surface area contributed by atoms with Gasteiger partial charge in [0.2, 0.25) is 0 Å². The van der Waals surface area contributed by atoms with Crippen LogP contribution in [0.5, 0.6) is 5.75 Å². The number of benzene rings is 1. The Bertz CT molecular complexity index is 536. The fourth-order valence-corrected chi connectivity index (χ4v) is 3.62. The smallest absolute Gasteiger partial charge is 0.191 e. The summed E-state index contributed by atoms with van der Waals surface area (Å²) in [5.74, 6) is 1.81. The highest BCUT2D eigenvalue weighted by Gasteiger charge is 2.20. The minimum atomic E-state index is 0.284. The highest BCUT2D eigenvalue weighted by Crippen LogP contribution is 2.24. The first kappa shape index (κ1) is 19.6. The minimum Gasteiger partial charge on any atom is -0.497 e. The summed E-state index contributed by atoms with van der Waals surface area (Å²) in [4.78, 5) is 6.88. The van der Waals surface area contributed by atoms with Crippen molar-refractivity contribution in [3.8, 4) is 5.75 Å². The Labute approximate surface area is 152 Å². The van der Waals surface area contributed by atoms with E-state index in [0.29, 0.717) is 6.04 Å². The van der Waals surface area contributed by atoms with E-state index in [1.165, 1.54) is 31.2 Å². The zero-order valence-electron chi connectivity index (χ0n) is 16.2. The Hall–Kier alpha value is -1.75. The fourth-order valence-electron chi connectivity index (χ4n) is 3.62. The van der Waals surface area contributed by atoms with Gasteiger partial charge in [0.15, 0.2) is 5.96 Å². The second-order valence-corrected chi connectivity index (χ2v) is 6.59. The van der Waals surface area contributed by atoms with Crippen molar-refractivity contribution in [1.29, 1.82) is 0 Å². The molecule has 140 valence electrons. The van der Waals surface area contributed by atoms with Gasteiger partial charge in [-0.1, -0.05) is 38.8 Å². The number of aliphatic imine (C=N–C) groups is 1. The Morgan fingerprint density at radius 3 is 2.60 bits per heavy atom. The average Bonchev–Trinajstić information content (AvgIpc) is 3.17. The van der Waals surface area contributed by atoms with Crippen LogP contribution in [0.3, 0.4) is 0 Å². The van der Waals surface area contributed by atoms with Crippen molar-refractivity contribution in [2.75, 3.05) is 33.8 Å². The molecule has 1 saturated carbocycles. The van der Waals surface area contributed by atoms with Gasteiger partial charge in [0.1, 0.15) is 5.75 Å². The minimum absolute atomic E-state index is 0.284. The van der Waals surface area contributed by atoms with Gasteiger partial charge in [-0.2, -0.15) is 0 Å².